The van der Waals surface area contributed by atoms with E-state index < -0.39 is 16.1 Å². The summed E-state index contributed by atoms with van der Waals surface area (Å²) in [5.41, 5.74) is 3.33. The average Bonchev–Trinajstić information content (AvgIpc) is 2.50. The Hall–Kier alpha value is -1.89. The third-order valence-electron chi connectivity index (χ3n) is 3.76. The maximum Gasteiger partial charge on any atom is 0.226 e. The number of aryl methyl sites for hydroxylation is 2. The molecule has 0 unspecified atom stereocenters. The minimum atomic E-state index is -3.48. The van der Waals surface area contributed by atoms with Gasteiger partial charge in [0.05, 0.1) is 12.3 Å². The second kappa shape index (κ2) is 7.99. The van der Waals surface area contributed by atoms with Gasteiger partial charge in [0, 0.05) is 17.1 Å². The van der Waals surface area contributed by atoms with E-state index >= 15 is 0 Å². The normalized spacial score (nSPS) is 12.6. The third-order valence-corrected chi connectivity index (χ3v) is 4.73. The van der Waals surface area contributed by atoms with Crippen LogP contribution in [-0.4, -0.2) is 20.6 Å². The number of benzene rings is 2. The average molecular weight is 381 g/mol. The van der Waals surface area contributed by atoms with Crippen molar-refractivity contribution in [2.75, 3.05) is 11.6 Å². The minimum absolute atomic E-state index is 0.0253. The molecule has 5 nitrogen and oxygen atoms in total. The summed E-state index contributed by atoms with van der Waals surface area (Å²) in [5.74, 6) is -0.270. The second-order valence-electron chi connectivity index (χ2n) is 6.01. The molecule has 1 amide bonds. The van der Waals surface area contributed by atoms with Crippen LogP contribution in [0.1, 0.15) is 29.2 Å². The number of amides is 1. The van der Waals surface area contributed by atoms with E-state index in [1.165, 1.54) is 0 Å². The first-order chi connectivity index (χ1) is 11.7. The molecular formula is C18H21ClN2O3S. The van der Waals surface area contributed by atoms with E-state index in [1.807, 2.05) is 32.0 Å². The van der Waals surface area contributed by atoms with Crippen molar-refractivity contribution in [2.45, 2.75) is 26.3 Å². The molecule has 0 aliphatic carbocycles. The van der Waals surface area contributed by atoms with Gasteiger partial charge in [0.1, 0.15) is 0 Å². The smallest absolute Gasteiger partial charge is 0.226 e. The van der Waals surface area contributed by atoms with Crippen molar-refractivity contribution in [1.29, 1.82) is 0 Å². The number of carbonyl (C=O) groups excluding carboxylic acids is 1. The van der Waals surface area contributed by atoms with Crippen molar-refractivity contribution < 1.29 is 13.2 Å². The van der Waals surface area contributed by atoms with E-state index in [9.17, 15) is 13.2 Å². The van der Waals surface area contributed by atoms with E-state index in [2.05, 4.69) is 10.0 Å². The molecule has 0 saturated heterocycles. The topological polar surface area (TPSA) is 75.3 Å². The molecule has 2 aromatic carbocycles. The third kappa shape index (κ3) is 5.85. The van der Waals surface area contributed by atoms with Gasteiger partial charge in [-0.3, -0.25) is 4.79 Å². The van der Waals surface area contributed by atoms with Gasteiger partial charge in [0.15, 0.2) is 0 Å². The van der Waals surface area contributed by atoms with Gasteiger partial charge in [-0.15, -0.1) is 0 Å². The van der Waals surface area contributed by atoms with Gasteiger partial charge in [0.25, 0.3) is 0 Å². The van der Waals surface area contributed by atoms with Crippen LogP contribution in [0.4, 0.5) is 5.69 Å². The maximum atomic E-state index is 12.5. The molecule has 2 N–H and O–H groups in total. The van der Waals surface area contributed by atoms with Crippen molar-refractivity contribution in [3.8, 4) is 0 Å². The van der Waals surface area contributed by atoms with Crippen molar-refractivity contribution in [1.82, 2.24) is 4.72 Å². The van der Waals surface area contributed by atoms with Crippen LogP contribution < -0.4 is 10.0 Å². The number of hydrogen-bond donors (Lipinski definition) is 2. The number of anilines is 1. The summed E-state index contributed by atoms with van der Waals surface area (Å²) in [6.07, 6.45) is 1.04. The Morgan fingerprint density at radius 2 is 1.64 bits per heavy atom. The predicted molar refractivity (Wildman–Crippen MR) is 101 cm³/mol. The molecule has 25 heavy (non-hydrogen) atoms. The first kappa shape index (κ1) is 19.4. The van der Waals surface area contributed by atoms with Crippen LogP contribution in [0.15, 0.2) is 42.5 Å². The maximum absolute atomic E-state index is 12.5. The Labute approximate surface area is 153 Å². The number of rotatable bonds is 6. The first-order valence-electron chi connectivity index (χ1n) is 7.74. The number of carbonyl (C=O) groups is 1. The Balaban J connectivity index is 2.21. The van der Waals surface area contributed by atoms with E-state index in [1.54, 1.807) is 24.3 Å². The van der Waals surface area contributed by atoms with Crippen LogP contribution in [0.3, 0.4) is 0 Å². The molecule has 0 bridgehead atoms. The SMILES string of the molecule is Cc1cccc(C)c1NC(=O)C[C@@H](NS(C)(=O)=O)c1ccc(Cl)cc1. The molecule has 0 spiro atoms. The number of para-hydroxylation sites is 1. The molecule has 1 atom stereocenters. The zero-order valence-corrected chi connectivity index (χ0v) is 15.9. The van der Waals surface area contributed by atoms with Gasteiger partial charge in [-0.05, 0) is 42.7 Å². The monoisotopic (exact) mass is 380 g/mol. The van der Waals surface area contributed by atoms with Gasteiger partial charge in [-0.25, -0.2) is 13.1 Å². The molecule has 0 aromatic heterocycles. The molecule has 0 saturated carbocycles. The highest BCUT2D eigenvalue weighted by Crippen LogP contribution is 2.23. The number of halogens is 1. The van der Waals surface area contributed by atoms with Crippen molar-refractivity contribution in [3.05, 3.63) is 64.2 Å². The van der Waals surface area contributed by atoms with Crippen LogP contribution >= 0.6 is 11.6 Å². The largest absolute Gasteiger partial charge is 0.326 e. The van der Waals surface area contributed by atoms with Crippen LogP contribution in [0.25, 0.3) is 0 Å². The summed E-state index contributed by atoms with van der Waals surface area (Å²) in [5, 5.41) is 3.42. The van der Waals surface area contributed by atoms with Crippen LogP contribution in [0, 0.1) is 13.8 Å². The fraction of sp³-hybridized carbons (Fsp3) is 0.278. The molecule has 7 heteroatoms. The van der Waals surface area contributed by atoms with E-state index in [-0.39, 0.29) is 12.3 Å². The molecule has 0 radical (unpaired) electrons. The standard InChI is InChI=1S/C18H21ClN2O3S/c1-12-5-4-6-13(2)18(12)20-17(22)11-16(21-25(3,23)24)14-7-9-15(19)10-8-14/h4-10,16,21H,11H2,1-3H3,(H,20,22)/t16-/m1/s1. The molecule has 134 valence electrons. The molecule has 2 rings (SSSR count). The number of sulfonamides is 1. The quantitative estimate of drug-likeness (QED) is 0.804. The van der Waals surface area contributed by atoms with Gasteiger partial charge >= 0.3 is 0 Å². The zero-order valence-electron chi connectivity index (χ0n) is 14.3. The highest BCUT2D eigenvalue weighted by Gasteiger charge is 2.20. The predicted octanol–water partition coefficient (Wildman–Crippen LogP) is 3.58. The summed E-state index contributed by atoms with van der Waals surface area (Å²) in [4.78, 5) is 12.5. The fourth-order valence-electron chi connectivity index (χ4n) is 2.57. The number of nitrogens with one attached hydrogen (secondary N) is 2. The fourth-order valence-corrected chi connectivity index (χ4v) is 3.43. The van der Waals surface area contributed by atoms with Crippen molar-refractivity contribution in [3.63, 3.8) is 0 Å². The summed E-state index contributed by atoms with van der Waals surface area (Å²) in [6, 6.07) is 11.8. The van der Waals surface area contributed by atoms with Crippen molar-refractivity contribution >= 4 is 33.2 Å². The highest BCUT2D eigenvalue weighted by molar-refractivity contribution is 7.88. The lowest BCUT2D eigenvalue weighted by Crippen LogP contribution is -2.30. The summed E-state index contributed by atoms with van der Waals surface area (Å²) in [7, 11) is -3.48. The second-order valence-corrected chi connectivity index (χ2v) is 8.23. The summed E-state index contributed by atoms with van der Waals surface area (Å²) < 4.78 is 25.8. The lowest BCUT2D eigenvalue weighted by Gasteiger charge is -2.19. The Kier molecular flexibility index (Phi) is 6.21. The minimum Gasteiger partial charge on any atom is -0.326 e. The summed E-state index contributed by atoms with van der Waals surface area (Å²) >= 11 is 5.88. The van der Waals surface area contributed by atoms with Gasteiger partial charge in [-0.2, -0.15) is 0 Å². The van der Waals surface area contributed by atoms with Crippen LogP contribution in [0.5, 0.6) is 0 Å². The Bertz CT molecular complexity index is 844. The van der Waals surface area contributed by atoms with Crippen LogP contribution in [-0.2, 0) is 14.8 Å². The van der Waals surface area contributed by atoms with Crippen molar-refractivity contribution in [2.24, 2.45) is 0 Å². The highest BCUT2D eigenvalue weighted by atomic mass is 35.5. The Morgan fingerprint density at radius 1 is 1.08 bits per heavy atom. The number of hydrogen-bond acceptors (Lipinski definition) is 3. The van der Waals surface area contributed by atoms with E-state index in [0.29, 0.717) is 10.6 Å². The molecular weight excluding hydrogens is 360 g/mol. The van der Waals surface area contributed by atoms with Gasteiger partial charge in [-0.1, -0.05) is 41.9 Å². The van der Waals surface area contributed by atoms with E-state index in [4.69, 9.17) is 11.6 Å². The molecule has 0 aliphatic heterocycles. The molecule has 0 heterocycles. The van der Waals surface area contributed by atoms with Crippen LogP contribution in [0.2, 0.25) is 5.02 Å². The first-order valence-corrected chi connectivity index (χ1v) is 10.0. The summed E-state index contributed by atoms with van der Waals surface area (Å²) in [6.45, 7) is 3.82. The molecule has 0 fully saturated rings. The van der Waals surface area contributed by atoms with E-state index in [0.717, 1.165) is 23.1 Å². The lowest BCUT2D eigenvalue weighted by atomic mass is 10.0. The Morgan fingerprint density at radius 3 is 2.16 bits per heavy atom. The van der Waals surface area contributed by atoms with Gasteiger partial charge in [0.2, 0.25) is 15.9 Å². The zero-order chi connectivity index (χ0) is 18.6. The molecule has 0 aliphatic rings. The van der Waals surface area contributed by atoms with Gasteiger partial charge < -0.3 is 5.32 Å². The lowest BCUT2D eigenvalue weighted by molar-refractivity contribution is -0.116. The molecule has 2 aromatic rings.